The van der Waals surface area contributed by atoms with Crippen LogP contribution in [-0.4, -0.2) is 44.7 Å². The number of hydrogen-bond acceptors (Lipinski definition) is 5. The molecule has 0 aliphatic carbocycles. The maximum absolute atomic E-state index is 12.3. The molecular weight excluding hydrogens is 252 g/mol. The van der Waals surface area contributed by atoms with Gasteiger partial charge in [-0.3, -0.25) is 4.79 Å². The third kappa shape index (κ3) is 3.72. The second-order valence-corrected chi connectivity index (χ2v) is 4.43. The van der Waals surface area contributed by atoms with E-state index in [0.29, 0.717) is 36.7 Å². The Kier molecular flexibility index (Phi) is 6.19. The van der Waals surface area contributed by atoms with Crippen molar-refractivity contribution in [3.63, 3.8) is 0 Å². The van der Waals surface area contributed by atoms with Gasteiger partial charge in [0.05, 0.1) is 26.2 Å². The average molecular weight is 268 g/mol. The maximum atomic E-state index is 12.3. The van der Waals surface area contributed by atoms with Crippen LogP contribution in [0.1, 0.15) is 16.1 Å². The minimum absolute atomic E-state index is 0.117. The van der Waals surface area contributed by atoms with Crippen LogP contribution in [0.3, 0.4) is 0 Å². The fraction of sp³-hybridized carbons (Fsp3) is 0.500. The zero-order valence-electron chi connectivity index (χ0n) is 10.5. The molecule has 0 fully saturated rings. The van der Waals surface area contributed by atoms with Gasteiger partial charge in [-0.05, 0) is 11.4 Å². The summed E-state index contributed by atoms with van der Waals surface area (Å²) in [5.74, 6) is 0.457. The number of carbonyl (C=O) groups excluding carboxylic acids is 1. The second kappa shape index (κ2) is 7.69. The minimum atomic E-state index is -0.117. The van der Waals surface area contributed by atoms with E-state index in [2.05, 4.69) is 0 Å². The lowest BCUT2D eigenvalue weighted by Crippen LogP contribution is -2.34. The third-order valence-electron chi connectivity index (χ3n) is 2.39. The smallest absolute Gasteiger partial charge is 0.267 e. The molecule has 6 heteroatoms. The zero-order valence-corrected chi connectivity index (χ0v) is 11.3. The first-order valence-electron chi connectivity index (χ1n) is 5.51. The lowest BCUT2D eigenvalue weighted by atomic mass is 10.3. The summed E-state index contributed by atoms with van der Waals surface area (Å²) in [7, 11) is 3.12. The summed E-state index contributed by atoms with van der Waals surface area (Å²) in [5.41, 5.74) is 0. The predicted molar refractivity (Wildman–Crippen MR) is 68.9 cm³/mol. The Bertz CT molecular complexity index is 425. The number of methoxy groups -OCH3 is 2. The molecule has 0 N–H and O–H groups in total. The van der Waals surface area contributed by atoms with E-state index in [1.807, 2.05) is 11.4 Å². The topological polar surface area (TPSA) is 62.6 Å². The first-order chi connectivity index (χ1) is 8.74. The highest BCUT2D eigenvalue weighted by Gasteiger charge is 2.20. The molecule has 1 aromatic heterocycles. The van der Waals surface area contributed by atoms with E-state index in [1.54, 1.807) is 18.1 Å². The molecule has 1 amide bonds. The normalized spacial score (nSPS) is 9.83. The van der Waals surface area contributed by atoms with Crippen LogP contribution < -0.4 is 4.74 Å². The highest BCUT2D eigenvalue weighted by Crippen LogP contribution is 2.25. The monoisotopic (exact) mass is 268 g/mol. The van der Waals surface area contributed by atoms with E-state index in [9.17, 15) is 4.79 Å². The summed E-state index contributed by atoms with van der Waals surface area (Å²) in [4.78, 5) is 14.5. The van der Waals surface area contributed by atoms with Crippen molar-refractivity contribution in [1.82, 2.24) is 4.90 Å². The van der Waals surface area contributed by atoms with E-state index in [-0.39, 0.29) is 5.91 Å². The lowest BCUT2D eigenvalue weighted by molar-refractivity contribution is 0.0701. The van der Waals surface area contributed by atoms with Crippen LogP contribution in [0.5, 0.6) is 5.75 Å². The van der Waals surface area contributed by atoms with Gasteiger partial charge in [0.15, 0.2) is 0 Å². The molecule has 0 aromatic carbocycles. The molecule has 0 aliphatic rings. The van der Waals surface area contributed by atoms with Gasteiger partial charge in [-0.25, -0.2) is 0 Å². The molecule has 0 spiro atoms. The molecule has 0 bridgehead atoms. The van der Waals surface area contributed by atoms with Crippen molar-refractivity contribution in [2.75, 3.05) is 33.9 Å². The number of ether oxygens (including phenoxy) is 2. The van der Waals surface area contributed by atoms with Gasteiger partial charge in [0.2, 0.25) is 0 Å². The van der Waals surface area contributed by atoms with Gasteiger partial charge in [0, 0.05) is 20.2 Å². The van der Waals surface area contributed by atoms with Crippen LogP contribution in [-0.2, 0) is 4.74 Å². The number of rotatable bonds is 7. The first kappa shape index (κ1) is 14.5. The zero-order chi connectivity index (χ0) is 13.4. The van der Waals surface area contributed by atoms with Gasteiger partial charge < -0.3 is 14.4 Å². The van der Waals surface area contributed by atoms with Gasteiger partial charge in [0.25, 0.3) is 5.91 Å². The van der Waals surface area contributed by atoms with Gasteiger partial charge in [-0.2, -0.15) is 5.26 Å². The molecule has 0 atom stereocenters. The van der Waals surface area contributed by atoms with E-state index < -0.39 is 0 Å². The molecule has 18 heavy (non-hydrogen) atoms. The molecule has 0 radical (unpaired) electrons. The fourth-order valence-electron chi connectivity index (χ4n) is 1.46. The van der Waals surface area contributed by atoms with E-state index in [4.69, 9.17) is 14.7 Å². The van der Waals surface area contributed by atoms with Crippen LogP contribution in [0.4, 0.5) is 0 Å². The minimum Gasteiger partial charge on any atom is -0.495 e. The van der Waals surface area contributed by atoms with Crippen molar-refractivity contribution in [3.8, 4) is 11.8 Å². The molecular formula is C12H16N2O3S. The van der Waals surface area contributed by atoms with Crippen LogP contribution in [0.25, 0.3) is 0 Å². The summed E-state index contributed by atoms with van der Waals surface area (Å²) in [6, 6.07) is 3.80. The van der Waals surface area contributed by atoms with E-state index >= 15 is 0 Å². The molecule has 5 nitrogen and oxygen atoms in total. The first-order valence-corrected chi connectivity index (χ1v) is 6.39. The summed E-state index contributed by atoms with van der Waals surface area (Å²) < 4.78 is 10.1. The van der Waals surface area contributed by atoms with Crippen molar-refractivity contribution < 1.29 is 14.3 Å². The number of nitriles is 1. The van der Waals surface area contributed by atoms with Crippen molar-refractivity contribution in [2.45, 2.75) is 6.42 Å². The predicted octanol–water partition coefficient (Wildman–Crippen LogP) is 1.76. The quantitative estimate of drug-likeness (QED) is 0.756. The highest BCUT2D eigenvalue weighted by atomic mass is 32.1. The van der Waals surface area contributed by atoms with Crippen LogP contribution in [0.2, 0.25) is 0 Å². The van der Waals surface area contributed by atoms with Gasteiger partial charge in [-0.1, -0.05) is 0 Å². The Balaban J connectivity index is 2.77. The Labute approximate surface area is 111 Å². The molecule has 0 saturated heterocycles. The largest absolute Gasteiger partial charge is 0.495 e. The lowest BCUT2D eigenvalue weighted by Gasteiger charge is -2.20. The second-order valence-electron chi connectivity index (χ2n) is 3.51. The van der Waals surface area contributed by atoms with Gasteiger partial charge >= 0.3 is 0 Å². The molecule has 0 unspecified atom stereocenters. The van der Waals surface area contributed by atoms with Crippen LogP contribution >= 0.6 is 11.3 Å². The van der Waals surface area contributed by atoms with Crippen molar-refractivity contribution in [3.05, 3.63) is 16.3 Å². The van der Waals surface area contributed by atoms with Gasteiger partial charge in [0.1, 0.15) is 10.6 Å². The Morgan fingerprint density at radius 3 is 2.89 bits per heavy atom. The SMILES string of the molecule is COCCN(CCC#N)C(=O)c1sccc1OC. The van der Waals surface area contributed by atoms with Gasteiger partial charge in [-0.15, -0.1) is 11.3 Å². The van der Waals surface area contributed by atoms with E-state index in [1.165, 1.54) is 18.4 Å². The van der Waals surface area contributed by atoms with E-state index in [0.717, 1.165) is 0 Å². The number of thiophene rings is 1. The summed E-state index contributed by atoms with van der Waals surface area (Å²) in [6.45, 7) is 1.32. The summed E-state index contributed by atoms with van der Waals surface area (Å²) in [5, 5.41) is 10.4. The molecule has 98 valence electrons. The Hall–Kier alpha value is -1.58. The standard InChI is InChI=1S/C12H16N2O3S/c1-16-8-7-14(6-3-5-13)12(15)11-10(17-2)4-9-18-11/h4,9H,3,6-8H2,1-2H3. The van der Waals surface area contributed by atoms with Crippen molar-refractivity contribution >= 4 is 17.2 Å². The Morgan fingerprint density at radius 1 is 1.50 bits per heavy atom. The highest BCUT2D eigenvalue weighted by molar-refractivity contribution is 7.12. The molecule has 1 aromatic rings. The fourth-order valence-corrected chi connectivity index (χ4v) is 2.28. The number of hydrogen-bond donors (Lipinski definition) is 0. The number of amides is 1. The molecule has 1 heterocycles. The molecule has 1 rings (SSSR count). The van der Waals surface area contributed by atoms with Crippen molar-refractivity contribution in [2.24, 2.45) is 0 Å². The summed E-state index contributed by atoms with van der Waals surface area (Å²) in [6.07, 6.45) is 0.309. The third-order valence-corrected chi connectivity index (χ3v) is 3.27. The maximum Gasteiger partial charge on any atom is 0.267 e. The van der Waals surface area contributed by atoms with Crippen LogP contribution in [0, 0.1) is 11.3 Å². The molecule has 0 aliphatic heterocycles. The van der Waals surface area contributed by atoms with Crippen molar-refractivity contribution in [1.29, 1.82) is 5.26 Å². The van der Waals surface area contributed by atoms with Crippen LogP contribution in [0.15, 0.2) is 11.4 Å². The Morgan fingerprint density at radius 2 is 2.28 bits per heavy atom. The number of nitrogens with zero attached hydrogens (tertiary/aromatic N) is 2. The summed E-state index contributed by atoms with van der Waals surface area (Å²) >= 11 is 1.34. The number of carbonyl (C=O) groups is 1. The average Bonchev–Trinajstić information content (AvgIpc) is 2.86. The molecule has 0 saturated carbocycles.